The average molecular weight is 427 g/mol. The highest BCUT2D eigenvalue weighted by Crippen LogP contribution is 2.28. The van der Waals surface area contributed by atoms with Gasteiger partial charge in [-0.3, -0.25) is 4.90 Å². The lowest BCUT2D eigenvalue weighted by molar-refractivity contribution is -0.0275. The molecule has 0 radical (unpaired) electrons. The Balaban J connectivity index is 0.00000196. The van der Waals surface area contributed by atoms with Gasteiger partial charge in [-0.15, -0.1) is 24.8 Å². The highest BCUT2D eigenvalue weighted by Gasteiger charge is 2.32. The second kappa shape index (κ2) is 11.5. The quantitative estimate of drug-likeness (QED) is 0.711. The van der Waals surface area contributed by atoms with Crippen LogP contribution < -0.4 is 9.64 Å². The Labute approximate surface area is 181 Å². The first-order valence-electron chi connectivity index (χ1n) is 9.42. The summed E-state index contributed by atoms with van der Waals surface area (Å²) in [5.41, 5.74) is 1.95. The van der Waals surface area contributed by atoms with Gasteiger partial charge in [0.15, 0.2) is 0 Å². The van der Waals surface area contributed by atoms with Crippen molar-refractivity contribution in [3.8, 4) is 5.75 Å². The minimum atomic E-state index is -0.548. The van der Waals surface area contributed by atoms with Gasteiger partial charge in [-0.2, -0.15) is 0 Å². The first-order chi connectivity index (χ1) is 12.6. The van der Waals surface area contributed by atoms with E-state index in [0.29, 0.717) is 0 Å². The Morgan fingerprint density at radius 2 is 1.61 bits per heavy atom. The van der Waals surface area contributed by atoms with Crippen LogP contribution in [0.4, 0.5) is 5.69 Å². The predicted octanol–water partition coefficient (Wildman–Crippen LogP) is 4.39. The van der Waals surface area contributed by atoms with E-state index in [1.165, 1.54) is 5.56 Å². The van der Waals surface area contributed by atoms with Crippen molar-refractivity contribution >= 4 is 30.5 Å². The molecular formula is C22H32Cl2N2O2. The Hall–Kier alpha value is -1.46. The molecule has 4 nitrogen and oxygen atoms in total. The van der Waals surface area contributed by atoms with Crippen LogP contribution in [0.5, 0.6) is 5.75 Å². The van der Waals surface area contributed by atoms with E-state index in [1.54, 1.807) is 7.11 Å². The van der Waals surface area contributed by atoms with Crippen LogP contribution in [0.15, 0.2) is 54.6 Å². The monoisotopic (exact) mass is 426 g/mol. The summed E-state index contributed by atoms with van der Waals surface area (Å²) in [6.07, 6.45) is 2.49. The number of anilines is 1. The maximum absolute atomic E-state index is 11.0. The first kappa shape index (κ1) is 24.6. The van der Waals surface area contributed by atoms with Crippen molar-refractivity contribution in [3.05, 3.63) is 60.2 Å². The maximum atomic E-state index is 11.0. The Morgan fingerprint density at radius 1 is 1.00 bits per heavy atom. The average Bonchev–Trinajstić information content (AvgIpc) is 2.69. The largest absolute Gasteiger partial charge is 0.497 e. The molecule has 156 valence electrons. The van der Waals surface area contributed by atoms with Gasteiger partial charge < -0.3 is 14.7 Å². The van der Waals surface area contributed by atoms with Gasteiger partial charge in [0.1, 0.15) is 5.75 Å². The molecule has 2 aromatic rings. The van der Waals surface area contributed by atoms with Crippen LogP contribution in [0.2, 0.25) is 0 Å². The SMILES string of the molecule is COc1ccc(N(C)CCC2(O)CCN(Cc3ccccc3)CC2)cc1.Cl.Cl. The molecular weight excluding hydrogens is 395 g/mol. The van der Waals surface area contributed by atoms with E-state index in [2.05, 4.69) is 59.3 Å². The van der Waals surface area contributed by atoms with Crippen molar-refractivity contribution < 1.29 is 9.84 Å². The fourth-order valence-corrected chi connectivity index (χ4v) is 3.56. The molecule has 0 saturated carbocycles. The van der Waals surface area contributed by atoms with Crippen molar-refractivity contribution in [2.75, 3.05) is 38.7 Å². The predicted molar refractivity (Wildman–Crippen MR) is 121 cm³/mol. The third-order valence-electron chi connectivity index (χ3n) is 5.46. The van der Waals surface area contributed by atoms with Crippen LogP contribution in [0, 0.1) is 0 Å². The van der Waals surface area contributed by atoms with E-state index in [-0.39, 0.29) is 24.8 Å². The molecule has 0 atom stereocenters. The number of benzene rings is 2. The molecule has 0 aliphatic carbocycles. The number of hydrogen-bond donors (Lipinski definition) is 1. The molecule has 28 heavy (non-hydrogen) atoms. The van der Waals surface area contributed by atoms with Gasteiger partial charge in [-0.25, -0.2) is 0 Å². The molecule has 1 aliphatic rings. The molecule has 6 heteroatoms. The summed E-state index contributed by atoms with van der Waals surface area (Å²) in [5.74, 6) is 0.867. The highest BCUT2D eigenvalue weighted by atomic mass is 35.5. The maximum Gasteiger partial charge on any atom is 0.119 e. The van der Waals surface area contributed by atoms with Gasteiger partial charge in [-0.05, 0) is 49.1 Å². The fraction of sp³-hybridized carbons (Fsp3) is 0.455. The van der Waals surface area contributed by atoms with Crippen LogP contribution in [0.1, 0.15) is 24.8 Å². The number of nitrogens with zero attached hydrogens (tertiary/aromatic N) is 2. The van der Waals surface area contributed by atoms with Crippen molar-refractivity contribution in [1.82, 2.24) is 4.90 Å². The Morgan fingerprint density at radius 3 is 2.18 bits per heavy atom. The third kappa shape index (κ3) is 6.85. The van der Waals surface area contributed by atoms with Gasteiger partial charge in [0.2, 0.25) is 0 Å². The molecule has 0 amide bonds. The minimum absolute atomic E-state index is 0. The van der Waals surface area contributed by atoms with Gasteiger partial charge >= 0.3 is 0 Å². The molecule has 1 N–H and O–H groups in total. The topological polar surface area (TPSA) is 35.9 Å². The van der Waals surface area contributed by atoms with Crippen LogP contribution >= 0.6 is 24.8 Å². The van der Waals surface area contributed by atoms with E-state index in [4.69, 9.17) is 4.74 Å². The molecule has 1 heterocycles. The lowest BCUT2D eigenvalue weighted by Gasteiger charge is -2.39. The molecule has 3 rings (SSSR count). The van der Waals surface area contributed by atoms with E-state index in [1.807, 2.05) is 12.1 Å². The molecule has 0 unspecified atom stereocenters. The summed E-state index contributed by atoms with van der Waals surface area (Å²) >= 11 is 0. The van der Waals surface area contributed by atoms with E-state index >= 15 is 0 Å². The fourth-order valence-electron chi connectivity index (χ4n) is 3.56. The lowest BCUT2D eigenvalue weighted by atomic mass is 9.88. The third-order valence-corrected chi connectivity index (χ3v) is 5.46. The highest BCUT2D eigenvalue weighted by molar-refractivity contribution is 5.85. The van der Waals surface area contributed by atoms with Crippen molar-refractivity contribution in [2.24, 2.45) is 0 Å². The zero-order chi connectivity index (χ0) is 18.4. The molecule has 1 saturated heterocycles. The van der Waals surface area contributed by atoms with Gasteiger partial charge in [0.05, 0.1) is 12.7 Å². The normalized spacial score (nSPS) is 15.8. The first-order valence-corrected chi connectivity index (χ1v) is 9.42. The van der Waals surface area contributed by atoms with Crippen LogP contribution in [0.3, 0.4) is 0 Å². The number of methoxy groups -OCH3 is 1. The van der Waals surface area contributed by atoms with Crippen LogP contribution in [-0.2, 0) is 6.54 Å². The molecule has 0 aromatic heterocycles. The number of ether oxygens (including phenoxy) is 1. The van der Waals surface area contributed by atoms with Crippen LogP contribution in [0.25, 0.3) is 0 Å². The molecule has 1 fully saturated rings. The molecule has 1 aliphatic heterocycles. The second-order valence-corrected chi connectivity index (χ2v) is 7.36. The smallest absolute Gasteiger partial charge is 0.119 e. The van der Waals surface area contributed by atoms with Crippen molar-refractivity contribution in [1.29, 1.82) is 0 Å². The van der Waals surface area contributed by atoms with Gasteiger partial charge in [0.25, 0.3) is 0 Å². The van der Waals surface area contributed by atoms with Gasteiger partial charge in [0, 0.05) is 38.9 Å². The number of hydrogen-bond acceptors (Lipinski definition) is 4. The Bertz CT molecular complexity index is 675. The van der Waals surface area contributed by atoms with Crippen molar-refractivity contribution in [3.63, 3.8) is 0 Å². The standard InChI is InChI=1S/C22H30N2O2.2ClH/c1-23(20-8-10-21(26-2)11-9-20)15-12-22(25)13-16-24(17-14-22)18-19-6-4-3-5-7-19;;/h3-11,25H,12-18H2,1-2H3;2*1H. The number of piperidine rings is 1. The van der Waals surface area contributed by atoms with E-state index in [9.17, 15) is 5.11 Å². The molecule has 2 aromatic carbocycles. The lowest BCUT2D eigenvalue weighted by Crippen LogP contribution is -2.45. The van der Waals surface area contributed by atoms with E-state index < -0.39 is 5.60 Å². The minimum Gasteiger partial charge on any atom is -0.497 e. The number of rotatable bonds is 7. The van der Waals surface area contributed by atoms with Crippen LogP contribution in [-0.4, -0.2) is 49.4 Å². The van der Waals surface area contributed by atoms with Crippen molar-refractivity contribution in [2.45, 2.75) is 31.4 Å². The molecule has 0 spiro atoms. The number of aliphatic hydroxyl groups is 1. The summed E-state index contributed by atoms with van der Waals surface area (Å²) in [6.45, 7) is 3.74. The summed E-state index contributed by atoms with van der Waals surface area (Å²) in [7, 11) is 3.76. The zero-order valence-corrected chi connectivity index (χ0v) is 18.3. The van der Waals surface area contributed by atoms with Gasteiger partial charge in [-0.1, -0.05) is 30.3 Å². The Kier molecular flexibility index (Phi) is 10.1. The summed E-state index contributed by atoms with van der Waals surface area (Å²) < 4.78 is 5.21. The summed E-state index contributed by atoms with van der Waals surface area (Å²) in [6, 6.07) is 18.6. The summed E-state index contributed by atoms with van der Waals surface area (Å²) in [5, 5.41) is 11.0. The molecule has 0 bridgehead atoms. The number of halogens is 2. The zero-order valence-electron chi connectivity index (χ0n) is 16.7. The van der Waals surface area contributed by atoms with E-state index in [0.717, 1.165) is 56.9 Å². The summed E-state index contributed by atoms with van der Waals surface area (Å²) in [4.78, 5) is 4.64. The second-order valence-electron chi connectivity index (χ2n) is 7.36. The number of likely N-dealkylation sites (tertiary alicyclic amines) is 1.